The summed E-state index contributed by atoms with van der Waals surface area (Å²) in [5.74, 6) is 1.64. The molecule has 0 radical (unpaired) electrons. The average Bonchev–Trinajstić information content (AvgIpc) is 3.57. The van der Waals surface area contributed by atoms with Crippen molar-refractivity contribution in [1.82, 2.24) is 24.8 Å². The standard InChI is InChI=1S/C26H26N6OS/c27-25-24(26-30-21(16-34-26)17-6-2-1-3-7-17)22(33)14-32(25)18-10-12-31(13-11-18)15-23-28-19-8-4-5-9-20(19)29-23/h1-9,16,18,27,33H,10-15H2,(H,28,29). The minimum Gasteiger partial charge on any atom is -0.510 e. The van der Waals surface area contributed by atoms with Crippen molar-refractivity contribution >= 4 is 33.8 Å². The van der Waals surface area contributed by atoms with Crippen LogP contribution in [0.1, 0.15) is 23.7 Å². The largest absolute Gasteiger partial charge is 0.510 e. The van der Waals surface area contributed by atoms with E-state index in [0.29, 0.717) is 23.0 Å². The molecule has 0 aliphatic carbocycles. The molecular weight excluding hydrogens is 444 g/mol. The molecule has 2 aliphatic rings. The molecule has 2 aliphatic heterocycles. The predicted molar refractivity (Wildman–Crippen MR) is 136 cm³/mol. The maximum Gasteiger partial charge on any atom is 0.135 e. The lowest BCUT2D eigenvalue weighted by atomic mass is 10.0. The highest BCUT2D eigenvalue weighted by atomic mass is 32.1. The van der Waals surface area contributed by atoms with Crippen molar-refractivity contribution in [1.29, 1.82) is 5.41 Å². The molecule has 0 unspecified atom stereocenters. The number of para-hydroxylation sites is 2. The third kappa shape index (κ3) is 3.89. The Labute approximate surface area is 201 Å². The van der Waals surface area contributed by atoms with Crippen LogP contribution in [0.3, 0.4) is 0 Å². The molecule has 8 heteroatoms. The van der Waals surface area contributed by atoms with Crippen molar-refractivity contribution in [2.45, 2.75) is 25.4 Å². The molecule has 0 amide bonds. The lowest BCUT2D eigenvalue weighted by molar-refractivity contribution is 0.147. The number of imidazole rings is 1. The van der Waals surface area contributed by atoms with E-state index in [0.717, 1.165) is 60.6 Å². The summed E-state index contributed by atoms with van der Waals surface area (Å²) in [6, 6.07) is 18.4. The first-order valence-corrected chi connectivity index (χ1v) is 12.5. The van der Waals surface area contributed by atoms with E-state index < -0.39 is 0 Å². The lowest BCUT2D eigenvalue weighted by Crippen LogP contribution is -2.45. The van der Waals surface area contributed by atoms with Gasteiger partial charge in [-0.2, -0.15) is 0 Å². The first-order chi connectivity index (χ1) is 16.7. The number of nitrogens with one attached hydrogen (secondary N) is 2. The van der Waals surface area contributed by atoms with Crippen LogP contribution in [0.25, 0.3) is 27.9 Å². The summed E-state index contributed by atoms with van der Waals surface area (Å²) in [6.45, 7) is 3.08. The van der Waals surface area contributed by atoms with Crippen LogP contribution in [0.4, 0.5) is 0 Å². The number of aromatic amines is 1. The van der Waals surface area contributed by atoms with Gasteiger partial charge in [-0.05, 0) is 25.0 Å². The number of aliphatic hydroxyl groups excluding tert-OH is 1. The average molecular weight is 471 g/mol. The Bertz CT molecular complexity index is 1330. The van der Waals surface area contributed by atoms with Gasteiger partial charge in [-0.1, -0.05) is 42.5 Å². The van der Waals surface area contributed by atoms with Gasteiger partial charge < -0.3 is 15.0 Å². The van der Waals surface area contributed by atoms with E-state index in [1.54, 1.807) is 0 Å². The van der Waals surface area contributed by atoms with Crippen LogP contribution in [0.15, 0.2) is 65.7 Å². The fourth-order valence-corrected chi connectivity index (χ4v) is 5.84. The molecule has 6 rings (SSSR count). The van der Waals surface area contributed by atoms with Gasteiger partial charge in [0, 0.05) is 30.1 Å². The second kappa shape index (κ2) is 8.70. The Morgan fingerprint density at radius 2 is 1.79 bits per heavy atom. The number of piperidine rings is 1. The molecule has 0 spiro atoms. The van der Waals surface area contributed by atoms with Gasteiger partial charge in [0.25, 0.3) is 0 Å². The number of hydrogen-bond acceptors (Lipinski definition) is 6. The number of H-pyrrole nitrogens is 1. The molecule has 172 valence electrons. The van der Waals surface area contributed by atoms with Gasteiger partial charge in [0.05, 0.1) is 35.4 Å². The molecule has 2 aromatic heterocycles. The molecule has 0 atom stereocenters. The van der Waals surface area contributed by atoms with Crippen LogP contribution in [0.5, 0.6) is 0 Å². The van der Waals surface area contributed by atoms with Crippen LogP contribution >= 0.6 is 11.3 Å². The third-order valence-electron chi connectivity index (χ3n) is 6.73. The zero-order chi connectivity index (χ0) is 23.1. The Hall–Kier alpha value is -3.49. The number of likely N-dealkylation sites (tertiary alicyclic amines) is 1. The summed E-state index contributed by atoms with van der Waals surface area (Å²) in [5.41, 5.74) is 4.58. The number of rotatable bonds is 5. The fraction of sp³-hybridized carbons (Fsp3) is 0.269. The summed E-state index contributed by atoms with van der Waals surface area (Å²) in [7, 11) is 0. The monoisotopic (exact) mass is 470 g/mol. The van der Waals surface area contributed by atoms with Crippen molar-refractivity contribution in [3.8, 4) is 11.3 Å². The van der Waals surface area contributed by atoms with Crippen LogP contribution in [-0.4, -0.2) is 61.4 Å². The Balaban J connectivity index is 1.10. The molecule has 1 saturated heterocycles. The smallest absolute Gasteiger partial charge is 0.135 e. The molecule has 1 fully saturated rings. The number of thiazole rings is 1. The van der Waals surface area contributed by atoms with Crippen LogP contribution in [0, 0.1) is 5.41 Å². The van der Waals surface area contributed by atoms with E-state index >= 15 is 0 Å². The summed E-state index contributed by atoms with van der Waals surface area (Å²) in [4.78, 5) is 17.3. The van der Waals surface area contributed by atoms with Gasteiger partial charge in [0.2, 0.25) is 0 Å². The lowest BCUT2D eigenvalue weighted by Gasteiger charge is -2.37. The Kier molecular flexibility index (Phi) is 5.39. The van der Waals surface area contributed by atoms with Gasteiger partial charge >= 0.3 is 0 Å². The number of aliphatic hydroxyl groups is 1. The number of aromatic nitrogens is 3. The van der Waals surface area contributed by atoms with Crippen molar-refractivity contribution < 1.29 is 5.11 Å². The SMILES string of the molecule is N=C1C(c2nc(-c3ccccc3)cs2)=C(O)CN1C1CCN(Cc2nc3ccccc3[nH]2)CC1. The molecule has 0 bridgehead atoms. The first kappa shape index (κ1) is 21.1. The highest BCUT2D eigenvalue weighted by Gasteiger charge is 2.36. The molecule has 0 saturated carbocycles. The normalized spacial score (nSPS) is 17.9. The minimum atomic E-state index is 0.243. The predicted octanol–water partition coefficient (Wildman–Crippen LogP) is 4.91. The zero-order valence-electron chi connectivity index (χ0n) is 18.7. The highest BCUT2D eigenvalue weighted by Crippen LogP contribution is 2.34. The van der Waals surface area contributed by atoms with Crippen molar-refractivity contribution in [2.24, 2.45) is 0 Å². The maximum absolute atomic E-state index is 10.8. The number of benzene rings is 2. The van der Waals surface area contributed by atoms with Crippen molar-refractivity contribution in [3.63, 3.8) is 0 Å². The summed E-state index contributed by atoms with van der Waals surface area (Å²) < 4.78 is 0. The number of amidine groups is 1. The number of hydrogen-bond donors (Lipinski definition) is 3. The van der Waals surface area contributed by atoms with Gasteiger partial charge in [0.1, 0.15) is 22.4 Å². The quantitative estimate of drug-likeness (QED) is 0.385. The van der Waals surface area contributed by atoms with Crippen LogP contribution in [0.2, 0.25) is 0 Å². The van der Waals surface area contributed by atoms with E-state index in [-0.39, 0.29) is 11.8 Å². The summed E-state index contributed by atoms with van der Waals surface area (Å²) in [6.07, 6.45) is 1.91. The summed E-state index contributed by atoms with van der Waals surface area (Å²) >= 11 is 1.49. The fourth-order valence-electron chi connectivity index (χ4n) is 4.95. The highest BCUT2D eigenvalue weighted by molar-refractivity contribution is 7.11. The van der Waals surface area contributed by atoms with E-state index in [1.807, 2.05) is 58.8 Å². The third-order valence-corrected chi connectivity index (χ3v) is 7.59. The van der Waals surface area contributed by atoms with Crippen molar-refractivity contribution in [2.75, 3.05) is 19.6 Å². The van der Waals surface area contributed by atoms with Gasteiger partial charge in [-0.3, -0.25) is 10.3 Å². The molecule has 4 aromatic rings. The van der Waals surface area contributed by atoms with Crippen molar-refractivity contribution in [3.05, 3.63) is 76.6 Å². The molecule has 3 N–H and O–H groups in total. The van der Waals surface area contributed by atoms with E-state index in [9.17, 15) is 5.11 Å². The van der Waals surface area contributed by atoms with Crippen LogP contribution < -0.4 is 0 Å². The van der Waals surface area contributed by atoms with Gasteiger partial charge in [-0.15, -0.1) is 11.3 Å². The zero-order valence-corrected chi connectivity index (χ0v) is 19.6. The Morgan fingerprint density at radius 1 is 1.03 bits per heavy atom. The topological polar surface area (TPSA) is 92.1 Å². The van der Waals surface area contributed by atoms with E-state index in [1.165, 1.54) is 11.3 Å². The van der Waals surface area contributed by atoms with Gasteiger partial charge in [0.15, 0.2) is 0 Å². The maximum atomic E-state index is 10.8. The minimum absolute atomic E-state index is 0.243. The number of nitrogens with zero attached hydrogens (tertiary/aromatic N) is 4. The second-order valence-electron chi connectivity index (χ2n) is 8.91. The number of fused-ring (bicyclic) bond motifs is 1. The Morgan fingerprint density at radius 3 is 2.59 bits per heavy atom. The second-order valence-corrected chi connectivity index (χ2v) is 9.77. The van der Waals surface area contributed by atoms with Gasteiger partial charge in [-0.25, -0.2) is 9.97 Å². The molecule has 7 nitrogen and oxygen atoms in total. The van der Waals surface area contributed by atoms with E-state index in [4.69, 9.17) is 15.4 Å². The molecule has 34 heavy (non-hydrogen) atoms. The van der Waals surface area contributed by atoms with E-state index in [2.05, 4.69) is 16.0 Å². The molecule has 2 aromatic carbocycles. The molecular formula is C26H26N6OS. The van der Waals surface area contributed by atoms with Crippen LogP contribution in [-0.2, 0) is 6.54 Å². The summed E-state index contributed by atoms with van der Waals surface area (Å²) in [5, 5.41) is 22.3. The first-order valence-electron chi connectivity index (χ1n) is 11.6. The molecule has 4 heterocycles.